The minimum Gasteiger partial charge on any atom is -0.313 e. The predicted octanol–water partition coefficient (Wildman–Crippen LogP) is 3.87. The van der Waals surface area contributed by atoms with E-state index in [4.69, 9.17) is 23.2 Å². The highest BCUT2D eigenvalue weighted by atomic mass is 35.5. The van der Waals surface area contributed by atoms with Crippen molar-refractivity contribution in [2.24, 2.45) is 0 Å². The SMILES string of the molecule is CC(C)c1c(-c2cc(Cl)ccc2Cl)nc[nH]c1=O. The quantitative estimate of drug-likeness (QED) is 0.909. The molecule has 0 radical (unpaired) electrons. The smallest absolute Gasteiger partial charge is 0.254 e. The Bertz CT molecular complexity index is 635. The minimum absolute atomic E-state index is 0.0486. The molecule has 2 rings (SSSR count). The van der Waals surface area contributed by atoms with E-state index in [1.54, 1.807) is 18.2 Å². The maximum atomic E-state index is 11.9. The first-order valence-corrected chi connectivity index (χ1v) is 6.29. The average molecular weight is 283 g/mol. The number of hydrogen-bond donors (Lipinski definition) is 1. The van der Waals surface area contributed by atoms with E-state index in [0.29, 0.717) is 26.9 Å². The van der Waals surface area contributed by atoms with E-state index in [2.05, 4.69) is 9.97 Å². The van der Waals surface area contributed by atoms with Crippen LogP contribution in [0.25, 0.3) is 11.3 Å². The molecule has 0 unspecified atom stereocenters. The van der Waals surface area contributed by atoms with Crippen LogP contribution in [-0.2, 0) is 0 Å². The van der Waals surface area contributed by atoms with Gasteiger partial charge in [-0.05, 0) is 24.1 Å². The molecule has 1 heterocycles. The molecule has 94 valence electrons. The highest BCUT2D eigenvalue weighted by Crippen LogP contribution is 2.32. The van der Waals surface area contributed by atoms with Crippen LogP contribution < -0.4 is 5.56 Å². The van der Waals surface area contributed by atoms with E-state index in [-0.39, 0.29) is 11.5 Å². The van der Waals surface area contributed by atoms with Gasteiger partial charge in [-0.25, -0.2) is 4.98 Å². The summed E-state index contributed by atoms with van der Waals surface area (Å²) in [7, 11) is 0. The van der Waals surface area contributed by atoms with Crippen LogP contribution >= 0.6 is 23.2 Å². The summed E-state index contributed by atoms with van der Waals surface area (Å²) in [5, 5.41) is 1.09. The summed E-state index contributed by atoms with van der Waals surface area (Å²) in [4.78, 5) is 18.7. The number of benzene rings is 1. The van der Waals surface area contributed by atoms with Gasteiger partial charge in [0.25, 0.3) is 5.56 Å². The van der Waals surface area contributed by atoms with Gasteiger partial charge in [0, 0.05) is 16.1 Å². The molecule has 1 aromatic carbocycles. The molecule has 0 saturated carbocycles. The van der Waals surface area contributed by atoms with Gasteiger partial charge in [-0.15, -0.1) is 0 Å². The maximum Gasteiger partial charge on any atom is 0.254 e. The summed E-state index contributed by atoms with van der Waals surface area (Å²) >= 11 is 12.1. The zero-order valence-electron chi connectivity index (χ0n) is 10.00. The fourth-order valence-corrected chi connectivity index (χ4v) is 2.22. The van der Waals surface area contributed by atoms with Crippen LogP contribution in [0.5, 0.6) is 0 Å². The molecule has 1 N–H and O–H groups in total. The Kier molecular flexibility index (Phi) is 3.73. The normalized spacial score (nSPS) is 10.9. The van der Waals surface area contributed by atoms with E-state index in [1.807, 2.05) is 13.8 Å². The molecule has 5 heteroatoms. The third-order valence-electron chi connectivity index (χ3n) is 2.65. The molecule has 3 nitrogen and oxygen atoms in total. The van der Waals surface area contributed by atoms with E-state index < -0.39 is 0 Å². The summed E-state index contributed by atoms with van der Waals surface area (Å²) in [6.07, 6.45) is 1.38. The zero-order chi connectivity index (χ0) is 13.3. The van der Waals surface area contributed by atoms with E-state index in [9.17, 15) is 4.79 Å². The van der Waals surface area contributed by atoms with Gasteiger partial charge >= 0.3 is 0 Å². The van der Waals surface area contributed by atoms with E-state index in [1.165, 1.54) is 6.33 Å². The van der Waals surface area contributed by atoms with Crippen LogP contribution in [0.1, 0.15) is 25.3 Å². The minimum atomic E-state index is -0.147. The maximum absolute atomic E-state index is 11.9. The van der Waals surface area contributed by atoms with Crippen molar-refractivity contribution in [3.8, 4) is 11.3 Å². The van der Waals surface area contributed by atoms with Crippen molar-refractivity contribution in [1.29, 1.82) is 0 Å². The topological polar surface area (TPSA) is 45.8 Å². The summed E-state index contributed by atoms with van der Waals surface area (Å²) in [6, 6.07) is 5.12. The lowest BCUT2D eigenvalue weighted by Gasteiger charge is -2.11. The van der Waals surface area contributed by atoms with E-state index >= 15 is 0 Å². The van der Waals surface area contributed by atoms with Gasteiger partial charge in [0.2, 0.25) is 0 Å². The molecule has 0 amide bonds. The summed E-state index contributed by atoms with van der Waals surface area (Å²) in [6.45, 7) is 3.88. The van der Waals surface area contributed by atoms with Crippen molar-refractivity contribution in [2.45, 2.75) is 19.8 Å². The first kappa shape index (κ1) is 13.1. The molecule has 0 aliphatic heterocycles. The summed E-state index contributed by atoms with van der Waals surface area (Å²) in [5.74, 6) is 0.0486. The second-order valence-electron chi connectivity index (χ2n) is 4.27. The van der Waals surface area contributed by atoms with E-state index in [0.717, 1.165) is 0 Å². The molecule has 0 aliphatic rings. The first-order valence-electron chi connectivity index (χ1n) is 5.53. The lowest BCUT2D eigenvalue weighted by atomic mass is 9.98. The lowest BCUT2D eigenvalue weighted by molar-refractivity contribution is 0.833. The number of nitrogens with zero attached hydrogens (tertiary/aromatic N) is 1. The lowest BCUT2D eigenvalue weighted by Crippen LogP contribution is -2.16. The molecule has 0 spiro atoms. The highest BCUT2D eigenvalue weighted by Gasteiger charge is 2.16. The molecular formula is C13H12Cl2N2O. The number of aromatic nitrogens is 2. The number of aromatic amines is 1. The predicted molar refractivity (Wildman–Crippen MR) is 74.4 cm³/mol. The monoisotopic (exact) mass is 282 g/mol. The van der Waals surface area contributed by atoms with Gasteiger partial charge in [0.1, 0.15) is 0 Å². The Balaban J connectivity index is 2.75. The van der Waals surface area contributed by atoms with Gasteiger partial charge in [-0.3, -0.25) is 4.79 Å². The van der Waals surface area contributed by atoms with Crippen molar-refractivity contribution in [2.75, 3.05) is 0 Å². The van der Waals surface area contributed by atoms with Gasteiger partial charge in [-0.2, -0.15) is 0 Å². The van der Waals surface area contributed by atoms with Crippen molar-refractivity contribution in [3.63, 3.8) is 0 Å². The zero-order valence-corrected chi connectivity index (χ0v) is 11.5. The molecule has 0 fully saturated rings. The molecule has 0 aliphatic carbocycles. The number of nitrogens with one attached hydrogen (secondary N) is 1. The van der Waals surface area contributed by atoms with Crippen LogP contribution in [0, 0.1) is 0 Å². The first-order chi connectivity index (χ1) is 8.50. The Labute approximate surface area is 115 Å². The largest absolute Gasteiger partial charge is 0.313 e. The van der Waals surface area contributed by atoms with Crippen LogP contribution in [0.2, 0.25) is 10.0 Å². The molecular weight excluding hydrogens is 271 g/mol. The Morgan fingerprint density at radius 3 is 2.67 bits per heavy atom. The third-order valence-corrected chi connectivity index (χ3v) is 3.21. The van der Waals surface area contributed by atoms with Crippen LogP contribution in [0.4, 0.5) is 0 Å². The Hall–Kier alpha value is -1.32. The number of halogens is 2. The van der Waals surface area contributed by atoms with Crippen LogP contribution in [0.15, 0.2) is 29.3 Å². The van der Waals surface area contributed by atoms with Crippen molar-refractivity contribution < 1.29 is 0 Å². The molecule has 0 saturated heterocycles. The summed E-state index contributed by atoms with van der Waals surface area (Å²) < 4.78 is 0. The van der Waals surface area contributed by atoms with Crippen molar-refractivity contribution >= 4 is 23.2 Å². The number of H-pyrrole nitrogens is 1. The molecule has 0 bridgehead atoms. The number of rotatable bonds is 2. The van der Waals surface area contributed by atoms with Gasteiger partial charge in [-0.1, -0.05) is 37.0 Å². The molecule has 0 atom stereocenters. The number of hydrogen-bond acceptors (Lipinski definition) is 2. The Morgan fingerprint density at radius 2 is 2.00 bits per heavy atom. The standard InChI is InChI=1S/C13H12Cl2N2O/c1-7(2)11-12(16-6-17-13(11)18)9-5-8(14)3-4-10(9)15/h3-7H,1-2H3,(H,16,17,18). The van der Waals surface area contributed by atoms with Crippen molar-refractivity contribution in [1.82, 2.24) is 9.97 Å². The second-order valence-corrected chi connectivity index (χ2v) is 5.12. The second kappa shape index (κ2) is 5.12. The Morgan fingerprint density at radius 1 is 1.28 bits per heavy atom. The highest BCUT2D eigenvalue weighted by molar-refractivity contribution is 6.35. The van der Waals surface area contributed by atoms with Gasteiger partial charge in [0.05, 0.1) is 17.0 Å². The van der Waals surface area contributed by atoms with Crippen molar-refractivity contribution in [3.05, 3.63) is 50.5 Å². The van der Waals surface area contributed by atoms with Gasteiger partial charge < -0.3 is 4.98 Å². The fraction of sp³-hybridized carbons (Fsp3) is 0.231. The third kappa shape index (κ3) is 2.42. The summed E-state index contributed by atoms with van der Waals surface area (Å²) in [5.41, 5.74) is 1.73. The van der Waals surface area contributed by atoms with Gasteiger partial charge in [0.15, 0.2) is 0 Å². The fourth-order valence-electron chi connectivity index (χ4n) is 1.84. The molecule has 18 heavy (non-hydrogen) atoms. The average Bonchev–Trinajstić information content (AvgIpc) is 2.31. The van der Waals surface area contributed by atoms with Crippen LogP contribution in [-0.4, -0.2) is 9.97 Å². The molecule has 1 aromatic heterocycles. The van der Waals surface area contributed by atoms with Crippen LogP contribution in [0.3, 0.4) is 0 Å². The molecule has 2 aromatic rings.